The molecule has 14 heavy (non-hydrogen) atoms. The van der Waals surface area contributed by atoms with Crippen LogP contribution in [0.5, 0.6) is 0 Å². The molecular weight excluding hydrogens is 271 g/mol. The van der Waals surface area contributed by atoms with E-state index in [1.807, 2.05) is 0 Å². The Bertz CT molecular complexity index is 520. The lowest BCUT2D eigenvalue weighted by atomic mass is 10.2. The summed E-state index contributed by atoms with van der Waals surface area (Å²) in [5.74, 6) is -0.196. The van der Waals surface area contributed by atoms with Crippen molar-refractivity contribution in [3.8, 4) is 11.4 Å². The summed E-state index contributed by atoms with van der Waals surface area (Å²) in [5.41, 5.74) is 0.729. The van der Waals surface area contributed by atoms with E-state index >= 15 is 0 Å². The van der Waals surface area contributed by atoms with Gasteiger partial charge in [-0.2, -0.15) is 0 Å². The summed E-state index contributed by atoms with van der Waals surface area (Å²) in [7, 11) is 0. The highest BCUT2D eigenvalue weighted by Crippen LogP contribution is 2.26. The van der Waals surface area contributed by atoms with Gasteiger partial charge < -0.3 is 0 Å². The van der Waals surface area contributed by atoms with Gasteiger partial charge in [-0.15, -0.1) is 0 Å². The van der Waals surface area contributed by atoms with Crippen LogP contribution in [0.4, 0.5) is 0 Å². The summed E-state index contributed by atoms with van der Waals surface area (Å²) < 4.78 is 5.12. The van der Waals surface area contributed by atoms with Crippen molar-refractivity contribution < 1.29 is 4.52 Å². The van der Waals surface area contributed by atoms with Gasteiger partial charge in [-0.3, -0.25) is 9.51 Å². The fourth-order valence-electron chi connectivity index (χ4n) is 0.998. The van der Waals surface area contributed by atoms with Crippen LogP contribution >= 0.6 is 27.5 Å². The molecule has 0 saturated heterocycles. The second-order valence-electron chi connectivity index (χ2n) is 2.57. The van der Waals surface area contributed by atoms with Gasteiger partial charge in [-0.25, -0.2) is 4.79 Å². The first-order chi connectivity index (χ1) is 6.66. The minimum atomic E-state index is -0.578. The van der Waals surface area contributed by atoms with Crippen LogP contribution in [-0.4, -0.2) is 10.1 Å². The highest BCUT2D eigenvalue weighted by Gasteiger charge is 2.05. The van der Waals surface area contributed by atoms with Crippen molar-refractivity contribution in [2.24, 2.45) is 0 Å². The monoisotopic (exact) mass is 274 g/mol. The molecule has 1 aromatic carbocycles. The normalized spacial score (nSPS) is 10.4. The van der Waals surface area contributed by atoms with Crippen molar-refractivity contribution in [3.63, 3.8) is 0 Å². The van der Waals surface area contributed by atoms with Gasteiger partial charge in [-0.1, -0.05) is 16.8 Å². The zero-order valence-electron chi connectivity index (χ0n) is 6.75. The summed E-state index contributed by atoms with van der Waals surface area (Å²) in [5, 5.41) is 4.15. The maximum Gasteiger partial charge on any atom is 0.439 e. The minimum Gasteiger partial charge on any atom is -0.296 e. The Morgan fingerprint density at radius 2 is 2.29 bits per heavy atom. The molecule has 0 unspecified atom stereocenters. The molecule has 0 fully saturated rings. The number of aromatic nitrogens is 2. The standard InChI is InChI=1S/C8H4BrClN2O2/c9-5-3-4(1-2-6(5)10)7-11-8(13)14-12-7/h1-3H,(H,11,12,13). The van der Waals surface area contributed by atoms with Crippen molar-refractivity contribution in [1.29, 1.82) is 0 Å². The van der Waals surface area contributed by atoms with Crippen LogP contribution in [0.1, 0.15) is 0 Å². The smallest absolute Gasteiger partial charge is 0.296 e. The summed E-state index contributed by atoms with van der Waals surface area (Å²) in [4.78, 5) is 13.1. The molecule has 0 spiro atoms. The lowest BCUT2D eigenvalue weighted by molar-refractivity contribution is 0.388. The van der Waals surface area contributed by atoms with E-state index in [0.717, 1.165) is 10.0 Å². The molecule has 0 radical (unpaired) electrons. The quantitative estimate of drug-likeness (QED) is 0.869. The largest absolute Gasteiger partial charge is 0.439 e. The van der Waals surface area contributed by atoms with Gasteiger partial charge in [0.1, 0.15) is 0 Å². The first kappa shape index (κ1) is 9.48. The first-order valence-corrected chi connectivity index (χ1v) is 4.85. The molecule has 1 N–H and O–H groups in total. The fraction of sp³-hybridized carbons (Fsp3) is 0. The predicted octanol–water partition coefficient (Wildman–Crippen LogP) is 2.45. The molecule has 1 aromatic heterocycles. The number of nitrogens with zero attached hydrogens (tertiary/aromatic N) is 1. The zero-order chi connectivity index (χ0) is 10.1. The molecule has 4 nitrogen and oxygen atoms in total. The number of nitrogens with one attached hydrogen (secondary N) is 1. The van der Waals surface area contributed by atoms with Crippen LogP contribution < -0.4 is 5.76 Å². The second-order valence-corrected chi connectivity index (χ2v) is 3.83. The molecule has 0 aliphatic rings. The third-order valence-electron chi connectivity index (χ3n) is 1.63. The molecular formula is C8H4BrClN2O2. The van der Waals surface area contributed by atoms with Crippen molar-refractivity contribution in [2.45, 2.75) is 0 Å². The SMILES string of the molecule is O=c1[nH]c(-c2ccc(Cl)c(Br)c2)no1. The molecule has 0 aliphatic carbocycles. The van der Waals surface area contributed by atoms with E-state index in [2.05, 4.69) is 30.6 Å². The van der Waals surface area contributed by atoms with Crippen LogP contribution in [0.25, 0.3) is 11.4 Å². The van der Waals surface area contributed by atoms with Crippen molar-refractivity contribution >= 4 is 27.5 Å². The number of hydrogen-bond donors (Lipinski definition) is 1. The number of aromatic amines is 1. The van der Waals surface area contributed by atoms with E-state index < -0.39 is 5.76 Å². The Morgan fingerprint density at radius 1 is 1.50 bits per heavy atom. The maximum absolute atomic E-state index is 10.7. The number of rotatable bonds is 1. The molecule has 0 amide bonds. The lowest BCUT2D eigenvalue weighted by Crippen LogP contribution is -1.94. The van der Waals surface area contributed by atoms with Crippen LogP contribution in [0, 0.1) is 0 Å². The number of benzene rings is 1. The van der Waals surface area contributed by atoms with Gasteiger partial charge in [0.15, 0.2) is 5.82 Å². The summed E-state index contributed by atoms with van der Waals surface area (Å²) >= 11 is 9.08. The first-order valence-electron chi connectivity index (χ1n) is 3.68. The summed E-state index contributed by atoms with van der Waals surface area (Å²) in [6.07, 6.45) is 0. The van der Waals surface area contributed by atoms with Crippen molar-refractivity contribution in [3.05, 3.63) is 38.2 Å². The van der Waals surface area contributed by atoms with Crippen LogP contribution in [0.15, 0.2) is 32.0 Å². The van der Waals surface area contributed by atoms with E-state index in [9.17, 15) is 4.79 Å². The Kier molecular flexibility index (Phi) is 2.43. The predicted molar refractivity (Wildman–Crippen MR) is 55.3 cm³/mol. The molecule has 0 saturated carbocycles. The topological polar surface area (TPSA) is 58.9 Å². The molecule has 2 aromatic rings. The fourth-order valence-corrected chi connectivity index (χ4v) is 1.49. The van der Waals surface area contributed by atoms with Crippen LogP contribution in [0.2, 0.25) is 5.02 Å². The highest BCUT2D eigenvalue weighted by atomic mass is 79.9. The molecule has 6 heteroatoms. The van der Waals surface area contributed by atoms with Gasteiger partial charge in [0.05, 0.1) is 5.02 Å². The van der Waals surface area contributed by atoms with Gasteiger partial charge in [0.2, 0.25) is 0 Å². The zero-order valence-corrected chi connectivity index (χ0v) is 9.09. The third kappa shape index (κ3) is 1.73. The molecule has 1 heterocycles. The van der Waals surface area contributed by atoms with E-state index in [4.69, 9.17) is 11.6 Å². The Morgan fingerprint density at radius 3 is 2.86 bits per heavy atom. The maximum atomic E-state index is 10.7. The van der Waals surface area contributed by atoms with Gasteiger partial charge in [-0.05, 0) is 34.1 Å². The molecule has 0 atom stereocenters. The second kappa shape index (κ2) is 3.59. The Labute approximate surface area is 92.0 Å². The van der Waals surface area contributed by atoms with E-state index in [1.165, 1.54) is 0 Å². The Hall–Kier alpha value is -1.07. The average Bonchev–Trinajstić information content (AvgIpc) is 2.57. The number of H-pyrrole nitrogens is 1. The summed E-state index contributed by atoms with van der Waals surface area (Å²) in [6, 6.07) is 5.19. The van der Waals surface area contributed by atoms with Crippen molar-refractivity contribution in [2.75, 3.05) is 0 Å². The summed E-state index contributed by atoms with van der Waals surface area (Å²) in [6.45, 7) is 0. The van der Waals surface area contributed by atoms with Gasteiger partial charge in [0, 0.05) is 10.0 Å². The number of halogens is 2. The van der Waals surface area contributed by atoms with Gasteiger partial charge in [0.25, 0.3) is 0 Å². The van der Waals surface area contributed by atoms with Crippen LogP contribution in [-0.2, 0) is 0 Å². The van der Waals surface area contributed by atoms with E-state index in [-0.39, 0.29) is 0 Å². The Balaban J connectivity index is 2.52. The van der Waals surface area contributed by atoms with Crippen molar-refractivity contribution in [1.82, 2.24) is 10.1 Å². The van der Waals surface area contributed by atoms with Crippen LogP contribution in [0.3, 0.4) is 0 Å². The minimum absolute atomic E-state index is 0.382. The highest BCUT2D eigenvalue weighted by molar-refractivity contribution is 9.10. The molecule has 72 valence electrons. The van der Waals surface area contributed by atoms with Gasteiger partial charge >= 0.3 is 5.76 Å². The molecule has 0 bridgehead atoms. The number of hydrogen-bond acceptors (Lipinski definition) is 3. The third-order valence-corrected chi connectivity index (χ3v) is 2.85. The lowest BCUT2D eigenvalue weighted by Gasteiger charge is -1.97. The average molecular weight is 275 g/mol. The van der Waals surface area contributed by atoms with E-state index in [1.54, 1.807) is 18.2 Å². The molecule has 2 rings (SSSR count). The molecule has 0 aliphatic heterocycles. The van der Waals surface area contributed by atoms with E-state index in [0.29, 0.717) is 10.8 Å².